The first kappa shape index (κ1) is 30.5. The molecule has 1 aromatic carbocycles. The van der Waals surface area contributed by atoms with Gasteiger partial charge in [0, 0.05) is 0 Å². The van der Waals surface area contributed by atoms with Crippen LogP contribution in [0.1, 0.15) is 71.3 Å². The molecular weight excluding hydrogens is 421 g/mol. The number of rotatable bonds is 8. The van der Waals surface area contributed by atoms with E-state index < -0.39 is 5.69 Å². The van der Waals surface area contributed by atoms with Gasteiger partial charge in [-0.2, -0.15) is 42.3 Å². The van der Waals surface area contributed by atoms with Crippen LogP contribution in [0.25, 0.3) is 0 Å². The molecular formula is C19H35O2PS2Zn. The number of hydrogen-bond donors (Lipinski definition) is 3. The van der Waals surface area contributed by atoms with Gasteiger partial charge in [0.05, 0.1) is 0 Å². The van der Waals surface area contributed by atoms with Crippen molar-refractivity contribution in [3.63, 3.8) is 0 Å². The molecule has 0 spiro atoms. The molecule has 1 aromatic rings. The molecule has 0 bridgehead atoms. The zero-order chi connectivity index (χ0) is 18.8. The van der Waals surface area contributed by atoms with Crippen LogP contribution in [0.15, 0.2) is 24.3 Å². The maximum Gasteiger partial charge on any atom is 2.00 e. The summed E-state index contributed by atoms with van der Waals surface area (Å²) in [6.07, 6.45) is 10.6. The average molecular weight is 456 g/mol. The molecule has 0 amide bonds. The SMILES string of the molecule is CC(C)Cc1[c-]cccc1.OP(O)(=S)S.[CH2-]CCCCCCCC.[Zn+2]. The van der Waals surface area contributed by atoms with E-state index in [9.17, 15) is 0 Å². The summed E-state index contributed by atoms with van der Waals surface area (Å²) in [5.41, 5.74) is -1.79. The zero-order valence-electron chi connectivity index (χ0n) is 16.2. The second-order valence-electron chi connectivity index (χ2n) is 6.12. The molecule has 0 saturated heterocycles. The van der Waals surface area contributed by atoms with Gasteiger partial charge in [0.15, 0.2) is 0 Å². The van der Waals surface area contributed by atoms with Crippen molar-refractivity contribution in [1.29, 1.82) is 0 Å². The maximum absolute atomic E-state index is 7.87. The number of thiol groups is 1. The Labute approximate surface area is 179 Å². The number of benzene rings is 1. The Kier molecular flexibility index (Phi) is 25.7. The standard InChI is InChI=1S/C10H13.C9H19.H3O2PS2.Zn/c1-9(2)8-10-6-4-3-5-7-10;1-3-5-7-9-8-6-4-2;1-3(2,4)5;/h3-6,9H,8H2,1-2H3;1,3-9H2,2H3;(H3,1,2,4,5);/q2*-1;;+2. The Bertz CT molecular complexity index is 397. The van der Waals surface area contributed by atoms with Gasteiger partial charge in [0.1, 0.15) is 0 Å². The Hall–Kier alpha value is 0.763. The average Bonchev–Trinajstić information content (AvgIpc) is 2.46. The molecule has 0 aromatic heterocycles. The van der Waals surface area contributed by atoms with E-state index in [-0.39, 0.29) is 19.5 Å². The Morgan fingerprint density at radius 3 is 2.08 bits per heavy atom. The summed E-state index contributed by atoms with van der Waals surface area (Å²) in [5, 5.41) is 0. The van der Waals surface area contributed by atoms with E-state index in [4.69, 9.17) is 9.79 Å². The number of hydrogen-bond acceptors (Lipinski definition) is 1. The molecule has 0 aliphatic rings. The van der Waals surface area contributed by atoms with E-state index in [1.807, 2.05) is 12.1 Å². The van der Waals surface area contributed by atoms with Crippen molar-refractivity contribution in [2.45, 2.75) is 72.1 Å². The van der Waals surface area contributed by atoms with E-state index >= 15 is 0 Å². The summed E-state index contributed by atoms with van der Waals surface area (Å²) >= 11 is 7.07. The Morgan fingerprint density at radius 1 is 1.16 bits per heavy atom. The summed E-state index contributed by atoms with van der Waals surface area (Å²) in [7, 11) is 0. The predicted octanol–water partition coefficient (Wildman–Crippen LogP) is 6.38. The van der Waals surface area contributed by atoms with Crippen LogP contribution in [0.2, 0.25) is 0 Å². The molecule has 142 valence electrons. The third kappa shape index (κ3) is 36.4. The predicted molar refractivity (Wildman–Crippen MR) is 115 cm³/mol. The third-order valence-electron chi connectivity index (χ3n) is 3.01. The van der Waals surface area contributed by atoms with Crippen molar-refractivity contribution in [3.05, 3.63) is 42.8 Å². The van der Waals surface area contributed by atoms with Crippen LogP contribution < -0.4 is 0 Å². The monoisotopic (exact) mass is 454 g/mol. The maximum atomic E-state index is 7.87. The fraction of sp³-hybridized carbons (Fsp3) is 0.632. The van der Waals surface area contributed by atoms with Crippen molar-refractivity contribution in [2.24, 2.45) is 5.92 Å². The second kappa shape index (κ2) is 21.1. The van der Waals surface area contributed by atoms with Crippen LogP contribution in [-0.4, -0.2) is 9.79 Å². The molecule has 2 nitrogen and oxygen atoms in total. The molecule has 1 rings (SSSR count). The molecule has 0 atom stereocenters. The van der Waals surface area contributed by atoms with Crippen molar-refractivity contribution in [1.82, 2.24) is 0 Å². The molecule has 0 aliphatic heterocycles. The van der Waals surface area contributed by atoms with Crippen molar-refractivity contribution in [2.75, 3.05) is 0 Å². The zero-order valence-corrected chi connectivity index (χ0v) is 21.7. The van der Waals surface area contributed by atoms with Crippen molar-refractivity contribution in [3.8, 4) is 0 Å². The van der Waals surface area contributed by atoms with Gasteiger partial charge in [0.25, 0.3) is 0 Å². The summed E-state index contributed by atoms with van der Waals surface area (Å²) < 4.78 is 0. The molecule has 2 N–H and O–H groups in total. The van der Waals surface area contributed by atoms with Crippen LogP contribution in [0.4, 0.5) is 0 Å². The summed E-state index contributed by atoms with van der Waals surface area (Å²) in [4.78, 5) is 15.7. The summed E-state index contributed by atoms with van der Waals surface area (Å²) in [6.45, 7) is 10.5. The molecule has 25 heavy (non-hydrogen) atoms. The van der Waals surface area contributed by atoms with Crippen LogP contribution in [-0.2, 0) is 37.7 Å². The fourth-order valence-electron chi connectivity index (χ4n) is 1.95. The van der Waals surface area contributed by atoms with Gasteiger partial charge in [0.2, 0.25) is 5.69 Å². The fourth-order valence-corrected chi connectivity index (χ4v) is 1.95. The van der Waals surface area contributed by atoms with E-state index in [0.29, 0.717) is 0 Å². The normalized spacial score (nSPS) is 10.1. The van der Waals surface area contributed by atoms with Gasteiger partial charge in [-0.05, 0) is 24.1 Å². The van der Waals surface area contributed by atoms with Gasteiger partial charge in [-0.15, -0.1) is 0 Å². The Balaban J connectivity index is -0.000000301. The number of unbranched alkanes of at least 4 members (excludes halogenated alkanes) is 6. The smallest absolute Gasteiger partial charge is 0.343 e. The molecule has 0 saturated carbocycles. The molecule has 6 heteroatoms. The first-order valence-electron chi connectivity index (χ1n) is 8.73. The largest absolute Gasteiger partial charge is 2.00 e. The molecule has 0 heterocycles. The summed E-state index contributed by atoms with van der Waals surface area (Å²) in [6, 6.07) is 11.4. The van der Waals surface area contributed by atoms with Gasteiger partial charge >= 0.3 is 19.5 Å². The first-order chi connectivity index (χ1) is 11.2. The molecule has 0 unspecified atom stereocenters. The van der Waals surface area contributed by atoms with Gasteiger partial charge in [-0.1, -0.05) is 71.5 Å². The molecule has 0 aliphatic carbocycles. The first-order valence-corrected chi connectivity index (χ1v) is 12.6. The van der Waals surface area contributed by atoms with Crippen LogP contribution in [0.5, 0.6) is 0 Å². The van der Waals surface area contributed by atoms with E-state index in [2.05, 4.69) is 69.9 Å². The minimum atomic E-state index is -3.11. The minimum absolute atomic E-state index is 0. The van der Waals surface area contributed by atoms with Gasteiger partial charge < -0.3 is 16.7 Å². The van der Waals surface area contributed by atoms with Gasteiger partial charge in [-0.3, -0.25) is 0 Å². The molecule has 0 radical (unpaired) electrons. The van der Waals surface area contributed by atoms with Crippen LogP contribution in [0, 0.1) is 18.9 Å². The van der Waals surface area contributed by atoms with Crippen LogP contribution >= 0.6 is 17.9 Å². The van der Waals surface area contributed by atoms with E-state index in [0.717, 1.165) is 18.8 Å². The topological polar surface area (TPSA) is 40.5 Å². The second-order valence-corrected chi connectivity index (χ2v) is 11.2. The quantitative estimate of drug-likeness (QED) is 0.140. The van der Waals surface area contributed by atoms with Crippen LogP contribution in [0.3, 0.4) is 0 Å². The van der Waals surface area contributed by atoms with Gasteiger partial charge in [-0.25, -0.2) is 0 Å². The van der Waals surface area contributed by atoms with Crippen molar-refractivity contribution < 1.29 is 29.3 Å². The van der Waals surface area contributed by atoms with E-state index in [1.165, 1.54) is 44.1 Å². The minimum Gasteiger partial charge on any atom is -0.343 e. The third-order valence-corrected chi connectivity index (χ3v) is 3.01. The Morgan fingerprint density at radius 2 is 1.68 bits per heavy atom. The van der Waals surface area contributed by atoms with Crippen molar-refractivity contribution >= 4 is 29.7 Å². The molecule has 0 fully saturated rings. The summed E-state index contributed by atoms with van der Waals surface area (Å²) in [5.74, 6) is 0.735. The van der Waals surface area contributed by atoms with E-state index in [1.54, 1.807) is 0 Å².